The molecule has 0 radical (unpaired) electrons. The topological polar surface area (TPSA) is 26.0 Å². The molecule has 0 aromatic heterocycles. The van der Waals surface area contributed by atoms with Gasteiger partial charge in [-0.2, -0.15) is 0 Å². The van der Waals surface area contributed by atoms with Crippen LogP contribution in [0.25, 0.3) is 0 Å². The van der Waals surface area contributed by atoms with Crippen molar-refractivity contribution in [3.05, 3.63) is 22.9 Å². The van der Waals surface area contributed by atoms with Crippen molar-refractivity contribution in [3.63, 3.8) is 0 Å². The number of nitrogens with two attached hydrogens (primary N) is 1. The van der Waals surface area contributed by atoms with Crippen LogP contribution < -0.4 is 5.73 Å². The molecule has 0 saturated carbocycles. The van der Waals surface area contributed by atoms with E-state index in [1.54, 1.807) is 0 Å². The van der Waals surface area contributed by atoms with Crippen LogP contribution in [0.3, 0.4) is 0 Å². The molecule has 1 aliphatic carbocycles. The second-order valence-electron chi connectivity index (χ2n) is 1.86. The molecule has 0 saturated heterocycles. The predicted molar refractivity (Wildman–Crippen MR) is 35.4 cm³/mol. The quantitative estimate of drug-likeness (QED) is 0.530. The van der Waals surface area contributed by atoms with Crippen molar-refractivity contribution in [1.29, 1.82) is 0 Å². The Morgan fingerprint density at radius 2 is 2.12 bits per heavy atom. The lowest BCUT2D eigenvalue weighted by Crippen LogP contribution is -1.98. The highest BCUT2D eigenvalue weighted by atomic mass is 35.5. The Labute approximate surface area is 53.8 Å². The molecule has 0 unspecified atom stereocenters. The summed E-state index contributed by atoms with van der Waals surface area (Å²) in [7, 11) is 0. The van der Waals surface area contributed by atoms with Gasteiger partial charge in [0.05, 0.1) is 0 Å². The van der Waals surface area contributed by atoms with E-state index in [4.69, 9.17) is 17.3 Å². The third kappa shape index (κ3) is 1.27. The van der Waals surface area contributed by atoms with Gasteiger partial charge in [-0.1, -0.05) is 11.6 Å². The van der Waals surface area contributed by atoms with Crippen LogP contribution in [-0.2, 0) is 0 Å². The van der Waals surface area contributed by atoms with Gasteiger partial charge in [0.25, 0.3) is 0 Å². The summed E-state index contributed by atoms with van der Waals surface area (Å²) >= 11 is 5.64. The number of hydrogen-bond donors (Lipinski definition) is 1. The molecule has 0 aromatic carbocycles. The Morgan fingerprint density at radius 3 is 2.50 bits per heavy atom. The molecule has 1 rings (SSSR count). The fourth-order valence-electron chi connectivity index (χ4n) is 0.628. The zero-order valence-corrected chi connectivity index (χ0v) is 5.28. The normalized spacial score (nSPS) is 19.6. The first-order chi connectivity index (χ1) is 3.79. The summed E-state index contributed by atoms with van der Waals surface area (Å²) in [5.41, 5.74) is 6.38. The molecule has 0 fully saturated rings. The fourth-order valence-corrected chi connectivity index (χ4v) is 0.785. The summed E-state index contributed by atoms with van der Waals surface area (Å²) in [6.07, 6.45) is 5.52. The van der Waals surface area contributed by atoms with Crippen molar-refractivity contribution in [2.45, 2.75) is 12.8 Å². The van der Waals surface area contributed by atoms with Gasteiger partial charge in [0.15, 0.2) is 0 Å². The zero-order valence-electron chi connectivity index (χ0n) is 4.52. The van der Waals surface area contributed by atoms with E-state index in [9.17, 15) is 0 Å². The van der Waals surface area contributed by atoms with E-state index in [1.807, 2.05) is 12.2 Å². The van der Waals surface area contributed by atoms with Gasteiger partial charge in [-0.25, -0.2) is 0 Å². The first-order valence-corrected chi connectivity index (χ1v) is 2.97. The minimum atomic E-state index is 0.902. The monoisotopic (exact) mass is 129 g/mol. The average Bonchev–Trinajstić information content (AvgIpc) is 1.77. The second-order valence-corrected chi connectivity index (χ2v) is 2.34. The third-order valence-electron chi connectivity index (χ3n) is 1.13. The summed E-state index contributed by atoms with van der Waals surface area (Å²) in [6, 6.07) is 0. The Kier molecular flexibility index (Phi) is 1.59. The van der Waals surface area contributed by atoms with Crippen LogP contribution in [-0.4, -0.2) is 0 Å². The van der Waals surface area contributed by atoms with E-state index in [2.05, 4.69) is 0 Å². The highest BCUT2D eigenvalue weighted by Gasteiger charge is 1.98. The molecular weight excluding hydrogens is 122 g/mol. The molecule has 0 aliphatic heterocycles. The molecule has 0 spiro atoms. The Hall–Kier alpha value is -0.430. The Balaban J connectivity index is 2.65. The Bertz CT molecular complexity index is 129. The van der Waals surface area contributed by atoms with Crippen LogP contribution in [0.2, 0.25) is 0 Å². The number of hydrogen-bond acceptors (Lipinski definition) is 1. The minimum absolute atomic E-state index is 0.902. The first kappa shape index (κ1) is 5.70. The summed E-state index contributed by atoms with van der Waals surface area (Å²) in [6.45, 7) is 0. The van der Waals surface area contributed by atoms with Crippen LogP contribution in [0, 0.1) is 0 Å². The molecule has 1 aliphatic rings. The summed E-state index contributed by atoms with van der Waals surface area (Å²) in [4.78, 5) is 0. The lowest BCUT2D eigenvalue weighted by Gasteiger charge is -2.03. The minimum Gasteiger partial charge on any atom is -0.402 e. The van der Waals surface area contributed by atoms with E-state index in [1.165, 1.54) is 0 Å². The van der Waals surface area contributed by atoms with E-state index in [0.29, 0.717) is 0 Å². The molecule has 8 heavy (non-hydrogen) atoms. The second kappa shape index (κ2) is 2.23. The van der Waals surface area contributed by atoms with Gasteiger partial charge in [0.1, 0.15) is 0 Å². The van der Waals surface area contributed by atoms with Gasteiger partial charge >= 0.3 is 0 Å². The summed E-state index contributed by atoms with van der Waals surface area (Å²) in [5.74, 6) is 0. The van der Waals surface area contributed by atoms with E-state index in [-0.39, 0.29) is 0 Å². The molecule has 0 amide bonds. The average molecular weight is 130 g/mol. The molecule has 0 atom stereocenters. The maximum absolute atomic E-state index is 5.64. The zero-order chi connectivity index (χ0) is 5.98. The van der Waals surface area contributed by atoms with Crippen LogP contribution in [0.15, 0.2) is 22.9 Å². The lowest BCUT2D eigenvalue weighted by atomic mass is 10.1. The molecule has 2 N–H and O–H groups in total. The predicted octanol–water partition coefficient (Wildman–Crippen LogP) is 1.75. The number of rotatable bonds is 0. The molecular formula is C6H8ClN. The smallest absolute Gasteiger partial charge is 0.0185 e. The van der Waals surface area contributed by atoms with Crippen LogP contribution in [0.5, 0.6) is 0 Å². The van der Waals surface area contributed by atoms with Gasteiger partial charge < -0.3 is 5.73 Å². The maximum Gasteiger partial charge on any atom is 0.0185 e. The van der Waals surface area contributed by atoms with E-state index < -0.39 is 0 Å². The van der Waals surface area contributed by atoms with Crippen LogP contribution >= 0.6 is 11.6 Å². The molecule has 0 bridgehead atoms. The third-order valence-corrected chi connectivity index (χ3v) is 1.45. The van der Waals surface area contributed by atoms with Crippen molar-refractivity contribution in [3.8, 4) is 0 Å². The molecule has 44 valence electrons. The van der Waals surface area contributed by atoms with Gasteiger partial charge in [-0.15, -0.1) is 0 Å². The first-order valence-electron chi connectivity index (χ1n) is 2.60. The van der Waals surface area contributed by atoms with Crippen molar-refractivity contribution >= 4 is 11.6 Å². The van der Waals surface area contributed by atoms with Crippen molar-refractivity contribution in [1.82, 2.24) is 0 Å². The molecule has 1 nitrogen and oxygen atoms in total. The van der Waals surface area contributed by atoms with Crippen molar-refractivity contribution < 1.29 is 0 Å². The number of allylic oxidation sites excluding steroid dienone is 4. The van der Waals surface area contributed by atoms with Gasteiger partial charge in [0, 0.05) is 10.7 Å². The molecule has 0 heterocycles. The maximum atomic E-state index is 5.64. The fraction of sp³-hybridized carbons (Fsp3) is 0.333. The Morgan fingerprint density at radius 1 is 1.38 bits per heavy atom. The van der Waals surface area contributed by atoms with Crippen LogP contribution in [0.4, 0.5) is 0 Å². The lowest BCUT2D eigenvalue weighted by molar-refractivity contribution is 0.930. The van der Waals surface area contributed by atoms with Crippen molar-refractivity contribution in [2.75, 3.05) is 0 Å². The molecule has 0 aromatic rings. The molecule has 2 heteroatoms. The van der Waals surface area contributed by atoms with E-state index in [0.717, 1.165) is 23.6 Å². The summed E-state index contributed by atoms with van der Waals surface area (Å²) < 4.78 is 0. The van der Waals surface area contributed by atoms with Crippen LogP contribution in [0.1, 0.15) is 12.8 Å². The van der Waals surface area contributed by atoms with Crippen molar-refractivity contribution in [2.24, 2.45) is 5.73 Å². The standard InChI is InChI=1S/C6H8ClN/c7-5-1-3-6(8)4-2-5/h1,3H,2,4,8H2. The highest BCUT2D eigenvalue weighted by Crippen LogP contribution is 2.17. The highest BCUT2D eigenvalue weighted by molar-refractivity contribution is 6.29. The largest absolute Gasteiger partial charge is 0.402 e. The van der Waals surface area contributed by atoms with Gasteiger partial charge in [-0.3, -0.25) is 0 Å². The van der Waals surface area contributed by atoms with Gasteiger partial charge in [-0.05, 0) is 25.0 Å². The SMILES string of the molecule is NC1=CC=C(Cl)CC1. The number of halogens is 1. The van der Waals surface area contributed by atoms with E-state index >= 15 is 0 Å². The summed E-state index contributed by atoms with van der Waals surface area (Å²) in [5, 5.41) is 0.902. The van der Waals surface area contributed by atoms with Gasteiger partial charge in [0.2, 0.25) is 0 Å².